The van der Waals surface area contributed by atoms with Crippen LogP contribution in [-0.2, 0) is 9.59 Å². The molecule has 4 heterocycles. The number of carbonyl (C=O) groups excluding carboxylic acids is 2. The number of nitrogens with zero attached hydrogens (tertiary/aromatic N) is 3. The third-order valence-electron chi connectivity index (χ3n) is 9.33. The highest BCUT2D eigenvalue weighted by Crippen LogP contribution is 2.46. The topological polar surface area (TPSA) is 74.4 Å². The molecule has 1 aromatic carbocycles. The monoisotopic (exact) mass is 526 g/mol. The van der Waals surface area contributed by atoms with E-state index < -0.39 is 0 Å². The second kappa shape index (κ2) is 12.7. The van der Waals surface area contributed by atoms with Crippen molar-refractivity contribution in [3.05, 3.63) is 23.8 Å². The molecule has 2 amide bonds. The molecular formula is C30H46N4O4. The van der Waals surface area contributed by atoms with Gasteiger partial charge >= 0.3 is 0 Å². The molecule has 8 nitrogen and oxygen atoms in total. The molecule has 4 aliphatic rings. The molecule has 3 saturated heterocycles. The van der Waals surface area contributed by atoms with Gasteiger partial charge in [0.2, 0.25) is 11.8 Å². The van der Waals surface area contributed by atoms with Crippen LogP contribution >= 0.6 is 0 Å². The number of hydrogen-bond acceptors (Lipinski definition) is 6. The molecule has 1 aromatic rings. The number of amides is 2. The van der Waals surface area contributed by atoms with Crippen molar-refractivity contribution in [3.63, 3.8) is 0 Å². The van der Waals surface area contributed by atoms with E-state index in [-0.39, 0.29) is 18.4 Å². The van der Waals surface area contributed by atoms with Gasteiger partial charge in [0.15, 0.2) is 11.5 Å². The minimum atomic E-state index is -0.0257. The van der Waals surface area contributed by atoms with E-state index in [4.69, 9.17) is 9.47 Å². The van der Waals surface area contributed by atoms with E-state index in [0.717, 1.165) is 69.8 Å². The van der Waals surface area contributed by atoms with E-state index in [1.54, 1.807) is 12.0 Å². The lowest BCUT2D eigenvalue weighted by Gasteiger charge is -2.32. The minimum absolute atomic E-state index is 0.0257. The predicted octanol–water partition coefficient (Wildman–Crippen LogP) is 3.46. The second-order valence-electron chi connectivity index (χ2n) is 11.6. The lowest BCUT2D eigenvalue weighted by molar-refractivity contribution is -0.137. The van der Waals surface area contributed by atoms with Crippen LogP contribution in [-0.4, -0.2) is 92.1 Å². The number of fused-ring (bicyclic) bond motifs is 8. The number of methoxy groups -OCH3 is 1. The van der Waals surface area contributed by atoms with Crippen molar-refractivity contribution in [1.82, 2.24) is 20.0 Å². The average molecular weight is 527 g/mol. The number of piperidine rings is 1. The molecule has 1 N–H and O–H groups in total. The first-order chi connectivity index (χ1) is 18.6. The number of nitrogens with one attached hydrogen (secondary N) is 1. The molecule has 3 fully saturated rings. The summed E-state index contributed by atoms with van der Waals surface area (Å²) in [6, 6.07) is 7.19. The first kappa shape index (κ1) is 27.3. The van der Waals surface area contributed by atoms with Gasteiger partial charge in [-0.25, -0.2) is 0 Å². The molecule has 0 aliphatic carbocycles. The lowest BCUT2D eigenvalue weighted by atomic mass is 9.93. The van der Waals surface area contributed by atoms with Crippen LogP contribution in [0.15, 0.2) is 18.2 Å². The van der Waals surface area contributed by atoms with Crippen molar-refractivity contribution < 1.29 is 19.1 Å². The van der Waals surface area contributed by atoms with Gasteiger partial charge in [-0.1, -0.05) is 13.0 Å². The zero-order valence-electron chi connectivity index (χ0n) is 23.3. The molecule has 0 radical (unpaired) electrons. The number of hydrogen-bond donors (Lipinski definition) is 1. The maximum absolute atomic E-state index is 13.4. The molecule has 38 heavy (non-hydrogen) atoms. The van der Waals surface area contributed by atoms with Crippen LogP contribution in [0.5, 0.6) is 11.5 Å². The van der Waals surface area contributed by atoms with Crippen LogP contribution in [0.3, 0.4) is 0 Å². The highest BCUT2D eigenvalue weighted by molar-refractivity contribution is 5.84. The zero-order chi connectivity index (χ0) is 26.5. The Morgan fingerprint density at radius 3 is 2.74 bits per heavy atom. The number of carbonyl (C=O) groups is 2. The van der Waals surface area contributed by atoms with Crippen LogP contribution in [0.4, 0.5) is 0 Å². The summed E-state index contributed by atoms with van der Waals surface area (Å²) in [4.78, 5) is 33.3. The number of rotatable bonds is 4. The molecule has 4 aliphatic heterocycles. The number of ether oxygens (including phenoxy) is 2. The Bertz CT molecular complexity index is 964. The molecule has 4 bridgehead atoms. The minimum Gasteiger partial charge on any atom is -0.493 e. The highest BCUT2D eigenvalue weighted by Gasteiger charge is 2.44. The van der Waals surface area contributed by atoms with Gasteiger partial charge in [0.25, 0.3) is 0 Å². The summed E-state index contributed by atoms with van der Waals surface area (Å²) >= 11 is 0. The fourth-order valence-electron chi connectivity index (χ4n) is 7.08. The molecule has 210 valence electrons. The van der Waals surface area contributed by atoms with Crippen molar-refractivity contribution in [3.8, 4) is 11.5 Å². The Morgan fingerprint density at radius 2 is 1.95 bits per heavy atom. The standard InChI is InChI=1S/C30H46N4O4/c1-3-32-14-10-22(11-15-32)17-30(36)33-12-4-5-16-38-28-19-23(8-9-27(28)37-2)26-18-24(20-31-29(35)21-33)25-7-6-13-34(25)26/h8-9,19,22,24-26H,3-7,10-18,20-21H2,1-2H3,(H,31,35)/t24-,25+,26-/m1/s1. The molecule has 0 unspecified atom stereocenters. The summed E-state index contributed by atoms with van der Waals surface area (Å²) in [5.41, 5.74) is 1.27. The molecule has 3 atom stereocenters. The smallest absolute Gasteiger partial charge is 0.239 e. The Balaban J connectivity index is 1.28. The SMILES string of the molecule is CCN1CCC(CC(=O)N2CCCCOc3cc(ccc3OC)[C@H]3C[C@H](CNC(=O)C2)[C@@H]2CCCN32)CC1. The summed E-state index contributed by atoms with van der Waals surface area (Å²) in [5.74, 6) is 2.49. The first-order valence-electron chi connectivity index (χ1n) is 14.9. The average Bonchev–Trinajstić information content (AvgIpc) is 3.54. The molecule has 8 heteroatoms. The van der Waals surface area contributed by atoms with Crippen molar-refractivity contribution in [2.75, 3.05) is 59.5 Å². The van der Waals surface area contributed by atoms with E-state index in [1.165, 1.54) is 18.4 Å². The Morgan fingerprint density at radius 1 is 1.11 bits per heavy atom. The van der Waals surface area contributed by atoms with Gasteiger partial charge in [-0.15, -0.1) is 0 Å². The van der Waals surface area contributed by atoms with Gasteiger partial charge < -0.3 is 24.6 Å². The van der Waals surface area contributed by atoms with E-state index >= 15 is 0 Å². The largest absolute Gasteiger partial charge is 0.493 e. The van der Waals surface area contributed by atoms with E-state index in [1.807, 2.05) is 6.07 Å². The lowest BCUT2D eigenvalue weighted by Crippen LogP contribution is -2.44. The van der Waals surface area contributed by atoms with E-state index in [0.29, 0.717) is 50.0 Å². The summed E-state index contributed by atoms with van der Waals surface area (Å²) in [7, 11) is 1.69. The fraction of sp³-hybridized carbons (Fsp3) is 0.733. The van der Waals surface area contributed by atoms with Crippen molar-refractivity contribution in [2.45, 2.75) is 70.4 Å². The van der Waals surface area contributed by atoms with E-state index in [9.17, 15) is 9.59 Å². The Labute approximate surface area is 228 Å². The molecule has 0 saturated carbocycles. The second-order valence-corrected chi connectivity index (χ2v) is 11.6. The van der Waals surface area contributed by atoms with Crippen molar-refractivity contribution in [2.24, 2.45) is 11.8 Å². The maximum atomic E-state index is 13.4. The maximum Gasteiger partial charge on any atom is 0.239 e. The van der Waals surface area contributed by atoms with Gasteiger partial charge in [0, 0.05) is 31.6 Å². The molecule has 0 spiro atoms. The van der Waals surface area contributed by atoms with Crippen molar-refractivity contribution >= 4 is 11.8 Å². The molecule has 0 aromatic heterocycles. The fourth-order valence-corrected chi connectivity index (χ4v) is 7.08. The summed E-state index contributed by atoms with van der Waals surface area (Å²) in [6.07, 6.45) is 7.69. The van der Waals surface area contributed by atoms with Crippen LogP contribution < -0.4 is 14.8 Å². The highest BCUT2D eigenvalue weighted by atomic mass is 16.5. The third kappa shape index (κ3) is 6.28. The summed E-state index contributed by atoms with van der Waals surface area (Å²) < 4.78 is 11.8. The van der Waals surface area contributed by atoms with E-state index in [2.05, 4.69) is 34.2 Å². The van der Waals surface area contributed by atoms with Gasteiger partial charge in [-0.05, 0) is 101 Å². The van der Waals surface area contributed by atoms with Crippen LogP contribution in [0.25, 0.3) is 0 Å². The quantitative estimate of drug-likeness (QED) is 0.648. The van der Waals surface area contributed by atoms with Gasteiger partial charge in [0.1, 0.15) is 0 Å². The van der Waals surface area contributed by atoms with Gasteiger partial charge in [0.05, 0.1) is 20.3 Å². The zero-order valence-corrected chi connectivity index (χ0v) is 23.3. The number of likely N-dealkylation sites (tertiary alicyclic amines) is 1. The van der Waals surface area contributed by atoms with Crippen LogP contribution in [0.2, 0.25) is 0 Å². The van der Waals surface area contributed by atoms with Crippen molar-refractivity contribution in [1.29, 1.82) is 0 Å². The predicted molar refractivity (Wildman–Crippen MR) is 147 cm³/mol. The first-order valence-corrected chi connectivity index (χ1v) is 14.9. The third-order valence-corrected chi connectivity index (χ3v) is 9.33. The normalized spacial score (nSPS) is 28.0. The number of benzene rings is 1. The van der Waals surface area contributed by atoms with Crippen LogP contribution in [0, 0.1) is 11.8 Å². The molecular weight excluding hydrogens is 480 g/mol. The summed E-state index contributed by atoms with van der Waals surface area (Å²) in [6.45, 7) is 8.48. The van der Waals surface area contributed by atoms with Gasteiger partial charge in [-0.3, -0.25) is 14.5 Å². The summed E-state index contributed by atoms with van der Waals surface area (Å²) in [5, 5.41) is 3.22. The van der Waals surface area contributed by atoms with Crippen LogP contribution in [0.1, 0.15) is 69.9 Å². The Hall–Kier alpha value is -2.32. The molecule has 5 rings (SSSR count). The Kier molecular flexibility index (Phi) is 9.10. The van der Waals surface area contributed by atoms with Gasteiger partial charge in [-0.2, -0.15) is 0 Å².